The SMILES string of the molecule is C[C@H]([C@H](C)O)[C@H](O)c1ccccc1. The molecule has 13 heavy (non-hydrogen) atoms. The van der Waals surface area contributed by atoms with E-state index >= 15 is 0 Å². The number of rotatable bonds is 3. The van der Waals surface area contributed by atoms with Crippen molar-refractivity contribution >= 4 is 0 Å². The molecule has 2 heteroatoms. The highest BCUT2D eigenvalue weighted by Gasteiger charge is 2.19. The quantitative estimate of drug-likeness (QED) is 0.743. The van der Waals surface area contributed by atoms with Crippen molar-refractivity contribution in [3.63, 3.8) is 0 Å². The van der Waals surface area contributed by atoms with E-state index in [0.29, 0.717) is 0 Å². The van der Waals surface area contributed by atoms with Crippen LogP contribution in [0.4, 0.5) is 0 Å². The lowest BCUT2D eigenvalue weighted by Crippen LogP contribution is -2.20. The molecule has 0 aliphatic rings. The fourth-order valence-electron chi connectivity index (χ4n) is 1.22. The Bertz CT molecular complexity index is 244. The standard InChI is InChI=1S/C11H16O2/c1-8(9(2)12)11(13)10-6-4-3-5-7-10/h3-9,11-13H,1-2H3/t8-,9+,11+/m1/s1. The van der Waals surface area contributed by atoms with E-state index in [0.717, 1.165) is 5.56 Å². The van der Waals surface area contributed by atoms with Crippen LogP contribution in [0, 0.1) is 5.92 Å². The van der Waals surface area contributed by atoms with Crippen molar-refractivity contribution in [3.05, 3.63) is 35.9 Å². The van der Waals surface area contributed by atoms with Crippen LogP contribution >= 0.6 is 0 Å². The van der Waals surface area contributed by atoms with Gasteiger partial charge in [-0.1, -0.05) is 37.3 Å². The van der Waals surface area contributed by atoms with Crippen molar-refractivity contribution in [2.45, 2.75) is 26.1 Å². The largest absolute Gasteiger partial charge is 0.393 e. The summed E-state index contributed by atoms with van der Waals surface area (Å²) in [5.41, 5.74) is 0.857. The second-order valence-corrected chi connectivity index (χ2v) is 3.46. The minimum Gasteiger partial charge on any atom is -0.393 e. The van der Waals surface area contributed by atoms with Gasteiger partial charge in [-0.2, -0.15) is 0 Å². The van der Waals surface area contributed by atoms with Crippen LogP contribution in [0.3, 0.4) is 0 Å². The van der Waals surface area contributed by atoms with Gasteiger partial charge in [-0.15, -0.1) is 0 Å². The maximum atomic E-state index is 9.80. The lowest BCUT2D eigenvalue weighted by atomic mass is 9.93. The molecule has 0 spiro atoms. The van der Waals surface area contributed by atoms with E-state index in [1.54, 1.807) is 6.92 Å². The molecule has 2 N–H and O–H groups in total. The maximum absolute atomic E-state index is 9.80. The summed E-state index contributed by atoms with van der Waals surface area (Å²) in [6, 6.07) is 9.40. The Morgan fingerprint density at radius 2 is 1.54 bits per heavy atom. The third-order valence-electron chi connectivity index (χ3n) is 2.40. The van der Waals surface area contributed by atoms with Gasteiger partial charge >= 0.3 is 0 Å². The molecule has 72 valence electrons. The predicted octanol–water partition coefficient (Wildman–Crippen LogP) is 1.74. The van der Waals surface area contributed by atoms with Crippen LogP contribution in [-0.2, 0) is 0 Å². The number of hydrogen-bond acceptors (Lipinski definition) is 2. The molecular formula is C11H16O2. The van der Waals surface area contributed by atoms with Crippen LogP contribution in [-0.4, -0.2) is 16.3 Å². The Hall–Kier alpha value is -0.860. The van der Waals surface area contributed by atoms with Gasteiger partial charge in [0.1, 0.15) is 0 Å². The van der Waals surface area contributed by atoms with Gasteiger partial charge < -0.3 is 10.2 Å². The summed E-state index contributed by atoms with van der Waals surface area (Å²) >= 11 is 0. The van der Waals surface area contributed by atoms with Gasteiger partial charge in [-0.05, 0) is 12.5 Å². The Balaban J connectivity index is 2.73. The third kappa shape index (κ3) is 2.54. The highest BCUT2D eigenvalue weighted by Crippen LogP contribution is 2.23. The van der Waals surface area contributed by atoms with Crippen molar-refractivity contribution in [1.29, 1.82) is 0 Å². The van der Waals surface area contributed by atoms with Crippen molar-refractivity contribution in [3.8, 4) is 0 Å². The maximum Gasteiger partial charge on any atom is 0.0840 e. The van der Waals surface area contributed by atoms with E-state index in [1.165, 1.54) is 0 Å². The molecule has 2 nitrogen and oxygen atoms in total. The Kier molecular flexibility index (Phi) is 3.46. The Labute approximate surface area is 78.8 Å². The van der Waals surface area contributed by atoms with E-state index in [4.69, 9.17) is 0 Å². The van der Waals surface area contributed by atoms with Crippen molar-refractivity contribution in [2.24, 2.45) is 5.92 Å². The molecule has 0 saturated carbocycles. The molecule has 0 aliphatic carbocycles. The second-order valence-electron chi connectivity index (χ2n) is 3.46. The number of benzene rings is 1. The van der Waals surface area contributed by atoms with Crippen molar-refractivity contribution in [2.75, 3.05) is 0 Å². The summed E-state index contributed by atoms with van der Waals surface area (Å²) in [5.74, 6) is -0.137. The molecule has 0 aromatic heterocycles. The van der Waals surface area contributed by atoms with Gasteiger partial charge in [0.05, 0.1) is 12.2 Å². The first-order chi connectivity index (χ1) is 6.13. The van der Waals surface area contributed by atoms with Crippen molar-refractivity contribution < 1.29 is 10.2 Å². The van der Waals surface area contributed by atoms with E-state index < -0.39 is 12.2 Å². The van der Waals surface area contributed by atoms with Gasteiger partial charge in [-0.3, -0.25) is 0 Å². The van der Waals surface area contributed by atoms with Crippen LogP contribution in [0.15, 0.2) is 30.3 Å². The molecule has 1 aromatic carbocycles. The van der Waals surface area contributed by atoms with Crippen LogP contribution in [0.1, 0.15) is 25.5 Å². The monoisotopic (exact) mass is 180 g/mol. The normalized spacial score (nSPS) is 17.8. The lowest BCUT2D eigenvalue weighted by Gasteiger charge is -2.21. The summed E-state index contributed by atoms with van der Waals surface area (Å²) in [6.07, 6.45) is -1.07. The molecule has 0 aliphatic heterocycles. The molecule has 1 aromatic rings. The van der Waals surface area contributed by atoms with Crippen LogP contribution in [0.5, 0.6) is 0 Å². The van der Waals surface area contributed by atoms with Crippen LogP contribution in [0.25, 0.3) is 0 Å². The summed E-state index contributed by atoms with van der Waals surface area (Å²) in [5, 5.41) is 19.1. The summed E-state index contributed by atoms with van der Waals surface area (Å²) in [4.78, 5) is 0. The van der Waals surface area contributed by atoms with Crippen LogP contribution < -0.4 is 0 Å². The first kappa shape index (κ1) is 10.2. The predicted molar refractivity (Wildman–Crippen MR) is 52.2 cm³/mol. The fourth-order valence-corrected chi connectivity index (χ4v) is 1.22. The third-order valence-corrected chi connectivity index (χ3v) is 2.40. The van der Waals surface area contributed by atoms with Gasteiger partial charge in [0.25, 0.3) is 0 Å². The zero-order chi connectivity index (χ0) is 9.84. The molecule has 0 fully saturated rings. The number of hydrogen-bond donors (Lipinski definition) is 2. The van der Waals surface area contributed by atoms with Gasteiger partial charge in [0.2, 0.25) is 0 Å². The number of aliphatic hydroxyl groups is 2. The van der Waals surface area contributed by atoms with Gasteiger partial charge in [-0.25, -0.2) is 0 Å². The Morgan fingerprint density at radius 1 is 1.00 bits per heavy atom. The molecular weight excluding hydrogens is 164 g/mol. The molecule has 0 saturated heterocycles. The zero-order valence-corrected chi connectivity index (χ0v) is 8.01. The summed E-state index contributed by atoms with van der Waals surface area (Å²) < 4.78 is 0. The minimum absolute atomic E-state index is 0.137. The van der Waals surface area contributed by atoms with E-state index in [-0.39, 0.29) is 5.92 Å². The van der Waals surface area contributed by atoms with Crippen LogP contribution in [0.2, 0.25) is 0 Å². The average Bonchev–Trinajstić information content (AvgIpc) is 2.17. The number of aliphatic hydroxyl groups excluding tert-OH is 2. The topological polar surface area (TPSA) is 40.5 Å². The molecule has 0 unspecified atom stereocenters. The lowest BCUT2D eigenvalue weighted by molar-refractivity contribution is 0.0307. The molecule has 3 atom stereocenters. The second kappa shape index (κ2) is 4.40. The highest BCUT2D eigenvalue weighted by atomic mass is 16.3. The highest BCUT2D eigenvalue weighted by molar-refractivity contribution is 5.17. The zero-order valence-electron chi connectivity index (χ0n) is 8.01. The molecule has 0 heterocycles. The summed E-state index contributed by atoms with van der Waals surface area (Å²) in [6.45, 7) is 3.53. The Morgan fingerprint density at radius 3 is 2.00 bits per heavy atom. The smallest absolute Gasteiger partial charge is 0.0840 e. The first-order valence-corrected chi connectivity index (χ1v) is 4.54. The van der Waals surface area contributed by atoms with E-state index in [1.807, 2.05) is 37.3 Å². The fraction of sp³-hybridized carbons (Fsp3) is 0.455. The first-order valence-electron chi connectivity index (χ1n) is 4.54. The van der Waals surface area contributed by atoms with Gasteiger partial charge in [0, 0.05) is 5.92 Å². The molecule has 0 radical (unpaired) electrons. The van der Waals surface area contributed by atoms with E-state index in [9.17, 15) is 10.2 Å². The van der Waals surface area contributed by atoms with E-state index in [2.05, 4.69) is 0 Å². The molecule has 1 rings (SSSR count). The van der Waals surface area contributed by atoms with Crippen molar-refractivity contribution in [1.82, 2.24) is 0 Å². The average molecular weight is 180 g/mol. The molecule has 0 bridgehead atoms. The van der Waals surface area contributed by atoms with Gasteiger partial charge in [0.15, 0.2) is 0 Å². The summed E-state index contributed by atoms with van der Waals surface area (Å²) in [7, 11) is 0. The molecule has 0 amide bonds. The minimum atomic E-state index is -0.582.